The quantitative estimate of drug-likeness (QED) is 0.463. The summed E-state index contributed by atoms with van der Waals surface area (Å²) in [6, 6.07) is 13.7. The number of hydrogen-bond acceptors (Lipinski definition) is 5. The Kier molecular flexibility index (Phi) is 3.01. The highest BCUT2D eigenvalue weighted by atomic mass is 32.1. The largest absolute Gasteiger partial charge is 0.206 e. The Labute approximate surface area is 136 Å². The molecule has 1 heterocycles. The fourth-order valence-electron chi connectivity index (χ4n) is 2.93. The van der Waals surface area contributed by atoms with Crippen molar-refractivity contribution in [2.45, 2.75) is 0 Å². The third-order valence-corrected chi connectivity index (χ3v) is 4.74. The minimum atomic E-state index is 0.628. The first-order valence-electron chi connectivity index (χ1n) is 6.89. The van der Waals surface area contributed by atoms with Crippen LogP contribution in [0.4, 0.5) is 0 Å². The number of rotatable bonds is 0. The van der Waals surface area contributed by atoms with E-state index < -0.39 is 0 Å². The van der Waals surface area contributed by atoms with Gasteiger partial charge in [0.2, 0.25) is 12.4 Å². The third-order valence-electron chi connectivity index (χ3n) is 3.86. The molecule has 1 aliphatic rings. The highest BCUT2D eigenvalue weighted by Crippen LogP contribution is 2.33. The Hall–Kier alpha value is -3.28. The van der Waals surface area contributed by atoms with Gasteiger partial charge in [0.25, 0.3) is 0 Å². The lowest BCUT2D eigenvalue weighted by atomic mass is 9.82. The second-order valence-electron chi connectivity index (χ2n) is 5.02. The molecule has 0 bridgehead atoms. The van der Waals surface area contributed by atoms with E-state index in [1.807, 2.05) is 60.2 Å². The van der Waals surface area contributed by atoms with Gasteiger partial charge in [-0.05, 0) is 29.0 Å². The van der Waals surface area contributed by atoms with Crippen molar-refractivity contribution < 1.29 is 0 Å². The molecule has 23 heavy (non-hydrogen) atoms. The minimum Gasteiger partial charge on any atom is -0.172 e. The molecule has 0 atom stereocenters. The van der Waals surface area contributed by atoms with Crippen LogP contribution in [0.1, 0.15) is 22.3 Å². The minimum absolute atomic E-state index is 0.628. The number of nitrogens with zero attached hydrogens (tertiary/aromatic N) is 4. The normalized spacial score (nSPS) is 15.9. The molecular formula is C18H8N4S. The van der Waals surface area contributed by atoms with Crippen molar-refractivity contribution in [3.05, 3.63) is 70.1 Å². The second-order valence-corrected chi connectivity index (χ2v) is 5.97. The van der Waals surface area contributed by atoms with E-state index in [1.165, 1.54) is 0 Å². The van der Waals surface area contributed by atoms with Crippen molar-refractivity contribution in [3.8, 4) is 12.4 Å². The number of fused-ring (bicyclic) bond motifs is 3. The van der Waals surface area contributed by atoms with Crippen LogP contribution in [0.5, 0.6) is 0 Å². The molecule has 0 saturated carbocycles. The molecule has 0 saturated heterocycles. The Morgan fingerprint density at radius 3 is 2.00 bits per heavy atom. The van der Waals surface area contributed by atoms with Gasteiger partial charge in [-0.2, -0.15) is 20.5 Å². The first-order chi connectivity index (χ1) is 11.3. The maximum atomic E-state index is 9.09. The van der Waals surface area contributed by atoms with Crippen LogP contribution in [0.25, 0.3) is 10.1 Å². The predicted octanol–water partition coefficient (Wildman–Crippen LogP) is 3.85. The van der Waals surface area contributed by atoms with Gasteiger partial charge in [-0.1, -0.05) is 24.3 Å². The summed E-state index contributed by atoms with van der Waals surface area (Å²) in [5.74, 6) is 0. The Balaban J connectivity index is 2.16. The van der Waals surface area contributed by atoms with E-state index in [0.29, 0.717) is 11.4 Å². The fourth-order valence-corrected chi connectivity index (χ4v) is 3.74. The van der Waals surface area contributed by atoms with E-state index >= 15 is 0 Å². The first kappa shape index (κ1) is 13.4. The van der Waals surface area contributed by atoms with Gasteiger partial charge in [0.1, 0.15) is 0 Å². The maximum absolute atomic E-state index is 9.09. The number of hydrogen-bond donors (Lipinski definition) is 0. The average molecular weight is 312 g/mol. The van der Waals surface area contributed by atoms with Crippen molar-refractivity contribution >= 4 is 32.8 Å². The van der Waals surface area contributed by atoms with E-state index in [0.717, 1.165) is 32.3 Å². The molecule has 0 N–H and O–H groups in total. The van der Waals surface area contributed by atoms with Crippen LogP contribution in [-0.2, 0) is 0 Å². The van der Waals surface area contributed by atoms with Crippen molar-refractivity contribution in [3.63, 3.8) is 0 Å². The highest BCUT2D eigenvalue weighted by molar-refractivity contribution is 7.17. The third kappa shape index (κ3) is 1.96. The van der Waals surface area contributed by atoms with Gasteiger partial charge in [-0.15, -0.1) is 11.3 Å². The SMILES string of the molecule is N#CN=C1c2ccccc2C(=NC#N)c2cc3sccc3cc21. The number of benzene rings is 2. The van der Waals surface area contributed by atoms with Crippen molar-refractivity contribution in [1.82, 2.24) is 0 Å². The van der Waals surface area contributed by atoms with Gasteiger partial charge in [-0.3, -0.25) is 0 Å². The summed E-state index contributed by atoms with van der Waals surface area (Å²) in [4.78, 5) is 8.08. The molecule has 0 fully saturated rings. The molecule has 5 heteroatoms. The Morgan fingerprint density at radius 2 is 1.39 bits per heavy atom. The lowest BCUT2D eigenvalue weighted by molar-refractivity contribution is 1.39. The van der Waals surface area contributed by atoms with Crippen LogP contribution in [-0.4, -0.2) is 11.4 Å². The van der Waals surface area contributed by atoms with Crippen LogP contribution in [0.2, 0.25) is 0 Å². The molecule has 0 aliphatic heterocycles. The lowest BCUT2D eigenvalue weighted by Crippen LogP contribution is -2.22. The van der Waals surface area contributed by atoms with Gasteiger partial charge >= 0.3 is 0 Å². The van der Waals surface area contributed by atoms with Gasteiger partial charge < -0.3 is 0 Å². The summed E-state index contributed by atoms with van der Waals surface area (Å²) >= 11 is 1.63. The zero-order chi connectivity index (χ0) is 15.8. The Morgan fingerprint density at radius 1 is 0.783 bits per heavy atom. The van der Waals surface area contributed by atoms with Crippen LogP contribution in [0.3, 0.4) is 0 Å². The van der Waals surface area contributed by atoms with E-state index in [4.69, 9.17) is 10.5 Å². The topological polar surface area (TPSA) is 72.3 Å². The molecule has 0 amide bonds. The molecule has 106 valence electrons. The number of aliphatic imine (C=N–C) groups is 2. The molecule has 2 aromatic carbocycles. The summed E-state index contributed by atoms with van der Waals surface area (Å²) in [6.45, 7) is 0. The van der Waals surface area contributed by atoms with Crippen molar-refractivity contribution in [2.75, 3.05) is 0 Å². The Bertz CT molecular complexity index is 1010. The van der Waals surface area contributed by atoms with Gasteiger partial charge in [0.15, 0.2) is 0 Å². The van der Waals surface area contributed by atoms with Crippen LogP contribution < -0.4 is 0 Å². The van der Waals surface area contributed by atoms with Crippen LogP contribution >= 0.6 is 11.3 Å². The molecule has 0 radical (unpaired) electrons. The molecule has 4 nitrogen and oxygen atoms in total. The average Bonchev–Trinajstić information content (AvgIpc) is 3.03. The number of nitriles is 2. The van der Waals surface area contributed by atoms with E-state index in [1.54, 1.807) is 11.3 Å². The lowest BCUT2D eigenvalue weighted by Gasteiger charge is -2.22. The standard InChI is InChI=1S/C18H8N4S/c19-9-21-17-12-3-1-2-4-13(12)18(22-10-20)15-8-16-11(5-6-23-16)7-14(15)17/h1-8H. The summed E-state index contributed by atoms with van der Waals surface area (Å²) in [7, 11) is 0. The van der Waals surface area contributed by atoms with Gasteiger partial charge in [-0.25, -0.2) is 0 Å². The molecule has 4 rings (SSSR count). The zero-order valence-corrected chi connectivity index (χ0v) is 12.6. The summed E-state index contributed by atoms with van der Waals surface area (Å²) in [5, 5.41) is 21.3. The second kappa shape index (κ2) is 5.17. The molecule has 1 aliphatic carbocycles. The van der Waals surface area contributed by atoms with Gasteiger partial charge in [0, 0.05) is 27.0 Å². The van der Waals surface area contributed by atoms with Crippen LogP contribution in [0.15, 0.2) is 57.8 Å². The molecule has 0 spiro atoms. The molecule has 0 unspecified atom stereocenters. The zero-order valence-electron chi connectivity index (χ0n) is 11.8. The molecular weight excluding hydrogens is 304 g/mol. The summed E-state index contributed by atoms with van der Waals surface area (Å²) in [6.07, 6.45) is 3.79. The molecule has 3 aromatic rings. The van der Waals surface area contributed by atoms with Gasteiger partial charge in [0.05, 0.1) is 11.4 Å². The number of thiophene rings is 1. The monoisotopic (exact) mass is 312 g/mol. The van der Waals surface area contributed by atoms with Crippen LogP contribution in [0, 0.1) is 22.9 Å². The van der Waals surface area contributed by atoms with E-state index in [-0.39, 0.29) is 0 Å². The summed E-state index contributed by atoms with van der Waals surface area (Å²) < 4.78 is 1.12. The fraction of sp³-hybridized carbons (Fsp3) is 0. The summed E-state index contributed by atoms with van der Waals surface area (Å²) in [5.41, 5.74) is 4.59. The van der Waals surface area contributed by atoms with Crippen molar-refractivity contribution in [1.29, 1.82) is 10.5 Å². The van der Waals surface area contributed by atoms with E-state index in [9.17, 15) is 0 Å². The van der Waals surface area contributed by atoms with E-state index in [2.05, 4.69) is 9.98 Å². The highest BCUT2D eigenvalue weighted by Gasteiger charge is 2.27. The maximum Gasteiger partial charge on any atom is 0.206 e. The molecule has 1 aromatic heterocycles. The smallest absolute Gasteiger partial charge is 0.172 e. The predicted molar refractivity (Wildman–Crippen MR) is 90.8 cm³/mol. The van der Waals surface area contributed by atoms with Crippen molar-refractivity contribution in [2.24, 2.45) is 9.98 Å². The first-order valence-corrected chi connectivity index (χ1v) is 7.77.